The van der Waals surface area contributed by atoms with E-state index in [1.807, 2.05) is 0 Å². The fourth-order valence-electron chi connectivity index (χ4n) is 1.71. The molecule has 1 aliphatic heterocycles. The number of rotatable bonds is 3. The number of carbonyl (C=O) groups excluding carboxylic acids is 1. The maximum atomic E-state index is 13.9. The summed E-state index contributed by atoms with van der Waals surface area (Å²) in [6, 6.07) is 0.951. The van der Waals surface area contributed by atoms with Crippen LogP contribution in [0.25, 0.3) is 0 Å². The monoisotopic (exact) mass is 326 g/mol. The lowest BCUT2D eigenvalue weighted by molar-refractivity contribution is 0.0264. The van der Waals surface area contributed by atoms with Gasteiger partial charge in [0.25, 0.3) is 9.05 Å². The maximum absolute atomic E-state index is 13.9. The summed E-state index contributed by atoms with van der Waals surface area (Å²) in [5.74, 6) is -3.72. The quantitative estimate of drug-likeness (QED) is 0.626. The van der Waals surface area contributed by atoms with E-state index in [1.165, 1.54) is 0 Å². The number of hydrogen-bond donors (Lipinski definition) is 0. The summed E-state index contributed by atoms with van der Waals surface area (Å²) in [6.07, 6.45) is -0.134. The van der Waals surface area contributed by atoms with Crippen LogP contribution >= 0.6 is 10.7 Å². The van der Waals surface area contributed by atoms with Crippen molar-refractivity contribution < 1.29 is 31.5 Å². The highest BCUT2D eigenvalue weighted by molar-refractivity contribution is 8.13. The van der Waals surface area contributed by atoms with Gasteiger partial charge in [-0.2, -0.15) is 0 Å². The van der Waals surface area contributed by atoms with Crippen molar-refractivity contribution in [2.24, 2.45) is 0 Å². The Morgan fingerprint density at radius 2 is 2.10 bits per heavy atom. The predicted octanol–water partition coefficient (Wildman–Crippen LogP) is 1.84. The summed E-state index contributed by atoms with van der Waals surface area (Å²) in [5, 5.41) is 0. The molecule has 1 atom stereocenters. The minimum Gasteiger partial charge on any atom is -0.456 e. The molecule has 0 radical (unpaired) electrons. The van der Waals surface area contributed by atoms with Crippen LogP contribution in [0, 0.1) is 11.6 Å². The average molecular weight is 327 g/mol. The Balaban J connectivity index is 2.36. The molecule has 1 aromatic rings. The summed E-state index contributed by atoms with van der Waals surface area (Å²) < 4.78 is 59.3. The van der Waals surface area contributed by atoms with E-state index in [4.69, 9.17) is 20.2 Å². The highest BCUT2D eigenvalue weighted by Crippen LogP contribution is 2.24. The number of hydrogen-bond acceptors (Lipinski definition) is 5. The fraction of sp³-hybridized carbons (Fsp3) is 0.364. The van der Waals surface area contributed by atoms with Crippen molar-refractivity contribution in [2.45, 2.75) is 17.4 Å². The number of ether oxygens (including phenoxy) is 2. The van der Waals surface area contributed by atoms with Crippen molar-refractivity contribution >= 4 is 25.7 Å². The van der Waals surface area contributed by atoms with Crippen LogP contribution in [0.3, 0.4) is 0 Å². The Bertz CT molecular complexity index is 640. The van der Waals surface area contributed by atoms with E-state index >= 15 is 0 Å². The Morgan fingerprint density at radius 3 is 2.65 bits per heavy atom. The molecule has 5 nitrogen and oxygen atoms in total. The minimum atomic E-state index is -4.51. The zero-order chi connectivity index (χ0) is 14.9. The van der Waals surface area contributed by atoms with Crippen LogP contribution in [0.15, 0.2) is 17.0 Å². The molecular weight excluding hydrogens is 318 g/mol. The van der Waals surface area contributed by atoms with Gasteiger partial charge in [0.15, 0.2) is 5.82 Å². The van der Waals surface area contributed by atoms with Crippen LogP contribution in [-0.4, -0.2) is 33.7 Å². The molecule has 1 aliphatic rings. The first-order valence-electron chi connectivity index (χ1n) is 5.51. The van der Waals surface area contributed by atoms with Crippen molar-refractivity contribution in [1.82, 2.24) is 0 Å². The van der Waals surface area contributed by atoms with Gasteiger partial charge < -0.3 is 9.47 Å². The summed E-state index contributed by atoms with van der Waals surface area (Å²) in [7, 11) is 0.462. The Morgan fingerprint density at radius 1 is 1.40 bits per heavy atom. The predicted molar refractivity (Wildman–Crippen MR) is 64.0 cm³/mol. The summed E-state index contributed by atoms with van der Waals surface area (Å²) in [4.78, 5) is 10.6. The lowest BCUT2D eigenvalue weighted by atomic mass is 10.2. The lowest BCUT2D eigenvalue weighted by Crippen LogP contribution is -2.19. The average Bonchev–Trinajstić information content (AvgIpc) is 2.83. The zero-order valence-corrected chi connectivity index (χ0v) is 11.5. The van der Waals surface area contributed by atoms with E-state index < -0.39 is 43.2 Å². The van der Waals surface area contributed by atoms with Gasteiger partial charge in [-0.1, -0.05) is 0 Å². The van der Waals surface area contributed by atoms with E-state index in [-0.39, 0.29) is 6.61 Å². The maximum Gasteiger partial charge on any atom is 0.341 e. The molecule has 0 bridgehead atoms. The standard InChI is InChI=1S/C11H9ClF2O5S/c12-20(16,17)9-4-6(13)3-8(10(9)14)11(15)19-7-1-2-18-5-7/h3-4,7H,1-2,5H2. The third kappa shape index (κ3) is 3.25. The molecule has 110 valence electrons. The highest BCUT2D eigenvalue weighted by atomic mass is 35.7. The van der Waals surface area contributed by atoms with Gasteiger partial charge in [-0.3, -0.25) is 0 Å². The first-order valence-corrected chi connectivity index (χ1v) is 7.82. The lowest BCUT2D eigenvalue weighted by Gasteiger charge is -2.11. The Hall–Kier alpha value is -1.25. The summed E-state index contributed by atoms with van der Waals surface area (Å²) in [6.45, 7) is 0.550. The molecule has 0 aromatic heterocycles. The molecule has 9 heteroatoms. The molecule has 1 aromatic carbocycles. The molecule has 1 saturated heterocycles. The van der Waals surface area contributed by atoms with Gasteiger partial charge in [-0.25, -0.2) is 22.0 Å². The molecular formula is C11H9ClF2O5S. The molecule has 0 spiro atoms. The van der Waals surface area contributed by atoms with Crippen LogP contribution in [0.5, 0.6) is 0 Å². The second kappa shape index (κ2) is 5.63. The smallest absolute Gasteiger partial charge is 0.341 e. The Labute approximate surface area is 117 Å². The first-order chi connectivity index (χ1) is 9.29. The molecule has 0 N–H and O–H groups in total. The molecule has 20 heavy (non-hydrogen) atoms. The topological polar surface area (TPSA) is 69.7 Å². The van der Waals surface area contributed by atoms with Crippen molar-refractivity contribution in [3.63, 3.8) is 0 Å². The molecule has 0 saturated carbocycles. The second-order valence-corrected chi connectivity index (χ2v) is 6.63. The zero-order valence-electron chi connectivity index (χ0n) is 9.94. The number of halogens is 3. The van der Waals surface area contributed by atoms with Crippen molar-refractivity contribution in [1.29, 1.82) is 0 Å². The van der Waals surface area contributed by atoms with Crippen molar-refractivity contribution in [3.8, 4) is 0 Å². The van der Waals surface area contributed by atoms with E-state index in [0.29, 0.717) is 25.2 Å². The van der Waals surface area contributed by atoms with Crippen LogP contribution in [0.2, 0.25) is 0 Å². The van der Waals surface area contributed by atoms with Crippen LogP contribution in [-0.2, 0) is 18.5 Å². The molecule has 2 rings (SSSR count). The third-order valence-electron chi connectivity index (χ3n) is 2.65. The number of carbonyl (C=O) groups is 1. The number of benzene rings is 1. The Kier molecular flexibility index (Phi) is 4.26. The van der Waals surface area contributed by atoms with Gasteiger partial charge in [0.1, 0.15) is 16.8 Å². The van der Waals surface area contributed by atoms with Gasteiger partial charge in [-0.05, 0) is 12.1 Å². The molecule has 1 fully saturated rings. The van der Waals surface area contributed by atoms with E-state index in [2.05, 4.69) is 0 Å². The molecule has 0 amide bonds. The van der Waals surface area contributed by atoms with E-state index in [9.17, 15) is 22.0 Å². The second-order valence-electron chi connectivity index (χ2n) is 4.09. The van der Waals surface area contributed by atoms with Crippen LogP contribution in [0.1, 0.15) is 16.8 Å². The first kappa shape index (κ1) is 15.1. The van der Waals surface area contributed by atoms with Crippen molar-refractivity contribution in [3.05, 3.63) is 29.3 Å². The van der Waals surface area contributed by atoms with Gasteiger partial charge in [0.2, 0.25) is 0 Å². The van der Waals surface area contributed by atoms with Crippen LogP contribution < -0.4 is 0 Å². The van der Waals surface area contributed by atoms with Gasteiger partial charge in [-0.15, -0.1) is 0 Å². The fourth-order valence-corrected chi connectivity index (χ4v) is 2.63. The third-order valence-corrected chi connectivity index (χ3v) is 3.97. The van der Waals surface area contributed by atoms with E-state index in [0.717, 1.165) is 0 Å². The summed E-state index contributed by atoms with van der Waals surface area (Å²) >= 11 is 0. The van der Waals surface area contributed by atoms with Crippen LogP contribution in [0.4, 0.5) is 8.78 Å². The van der Waals surface area contributed by atoms with Gasteiger partial charge in [0, 0.05) is 17.1 Å². The largest absolute Gasteiger partial charge is 0.456 e. The van der Waals surface area contributed by atoms with Gasteiger partial charge >= 0.3 is 5.97 Å². The van der Waals surface area contributed by atoms with E-state index in [1.54, 1.807) is 0 Å². The SMILES string of the molecule is O=C(OC1CCOC1)c1cc(F)cc(S(=O)(=O)Cl)c1F. The molecule has 1 heterocycles. The normalized spacial score (nSPS) is 19.1. The number of esters is 1. The summed E-state index contributed by atoms with van der Waals surface area (Å²) in [5.41, 5.74) is -0.823. The highest BCUT2D eigenvalue weighted by Gasteiger charge is 2.27. The van der Waals surface area contributed by atoms with Crippen molar-refractivity contribution in [2.75, 3.05) is 13.2 Å². The minimum absolute atomic E-state index is 0.156. The molecule has 0 aliphatic carbocycles. The van der Waals surface area contributed by atoms with Gasteiger partial charge in [0.05, 0.1) is 18.8 Å². The molecule has 1 unspecified atom stereocenters.